The lowest BCUT2D eigenvalue weighted by molar-refractivity contribution is -0.159. The van der Waals surface area contributed by atoms with Crippen LogP contribution in [0.1, 0.15) is 19.3 Å². The van der Waals surface area contributed by atoms with Crippen LogP contribution in [0, 0.1) is 0 Å². The highest BCUT2D eigenvalue weighted by molar-refractivity contribution is 5.79. The summed E-state index contributed by atoms with van der Waals surface area (Å²) >= 11 is 0. The van der Waals surface area contributed by atoms with Crippen LogP contribution in [0.3, 0.4) is 0 Å². The number of nitrogens with zero attached hydrogens (tertiary/aromatic N) is 1. The number of rotatable bonds is 7. The molecule has 0 aliphatic carbocycles. The summed E-state index contributed by atoms with van der Waals surface area (Å²) in [6.07, 6.45) is 0.846. The minimum absolute atomic E-state index is 0.309. The van der Waals surface area contributed by atoms with E-state index in [-0.39, 0.29) is 0 Å². The molecule has 1 unspecified atom stereocenters. The Kier molecular flexibility index (Phi) is 5.27. The molecule has 4 nitrogen and oxygen atoms in total. The molecule has 0 saturated carbocycles. The van der Waals surface area contributed by atoms with Gasteiger partial charge in [0, 0.05) is 6.54 Å². The molecule has 0 aromatic rings. The van der Waals surface area contributed by atoms with Gasteiger partial charge in [0.05, 0.1) is 6.42 Å². The molecule has 6 heteroatoms. The summed E-state index contributed by atoms with van der Waals surface area (Å²) in [6.45, 7) is 2.08. The number of cyclic esters (lactones) is 1. The van der Waals surface area contributed by atoms with Crippen molar-refractivity contribution in [3.63, 3.8) is 0 Å². The first-order valence-electron chi connectivity index (χ1n) is 5.86. The van der Waals surface area contributed by atoms with E-state index in [4.69, 9.17) is 0 Å². The topological polar surface area (TPSA) is 41.6 Å². The average Bonchev–Trinajstić information content (AvgIpc) is 2.46. The van der Waals surface area contributed by atoms with E-state index in [9.17, 15) is 13.6 Å². The van der Waals surface area contributed by atoms with E-state index in [2.05, 4.69) is 15.0 Å². The molecule has 1 fully saturated rings. The lowest BCUT2D eigenvalue weighted by Gasteiger charge is -2.11. The van der Waals surface area contributed by atoms with Gasteiger partial charge in [-0.25, -0.2) is 4.79 Å². The minimum Gasteiger partial charge on any atom is -0.456 e. The zero-order valence-electron chi connectivity index (χ0n) is 10.3. The summed E-state index contributed by atoms with van der Waals surface area (Å²) in [7, 11) is 4.01. The van der Waals surface area contributed by atoms with E-state index in [0.717, 1.165) is 25.9 Å². The molecular formula is C11H20F2N2O2. The van der Waals surface area contributed by atoms with Crippen molar-refractivity contribution in [2.45, 2.75) is 31.3 Å². The fraction of sp³-hybridized carbons (Fsp3) is 0.909. The molecular weight excluding hydrogens is 230 g/mol. The lowest BCUT2D eigenvalue weighted by atomic mass is 10.2. The molecule has 0 aromatic heterocycles. The van der Waals surface area contributed by atoms with Gasteiger partial charge in [0.1, 0.15) is 6.10 Å². The number of alkyl halides is 2. The summed E-state index contributed by atoms with van der Waals surface area (Å²) in [5, 5.41) is 3.03. The van der Waals surface area contributed by atoms with Gasteiger partial charge in [0.25, 0.3) is 0 Å². The highest BCUT2D eigenvalue weighted by atomic mass is 19.3. The highest BCUT2D eigenvalue weighted by Crippen LogP contribution is 2.30. The Balaban J connectivity index is 2.03. The van der Waals surface area contributed by atoms with Gasteiger partial charge in [-0.2, -0.15) is 8.78 Å². The zero-order chi connectivity index (χ0) is 12.9. The number of nitrogens with one attached hydrogen (secondary N) is 1. The van der Waals surface area contributed by atoms with Gasteiger partial charge in [0.2, 0.25) is 0 Å². The molecule has 0 aromatic carbocycles. The van der Waals surface area contributed by atoms with Gasteiger partial charge in [-0.05, 0) is 40.0 Å². The zero-order valence-corrected chi connectivity index (χ0v) is 10.3. The van der Waals surface area contributed by atoms with Crippen LogP contribution in [-0.4, -0.2) is 56.6 Å². The van der Waals surface area contributed by atoms with Crippen molar-refractivity contribution < 1.29 is 18.3 Å². The van der Waals surface area contributed by atoms with Gasteiger partial charge in [-0.1, -0.05) is 0 Å². The molecule has 0 bridgehead atoms. The molecule has 0 amide bonds. The van der Waals surface area contributed by atoms with Gasteiger partial charge in [-0.3, -0.25) is 0 Å². The number of unbranched alkanes of at least 4 members (excludes halogenated alkanes) is 1. The first-order chi connectivity index (χ1) is 7.92. The molecule has 1 aliphatic rings. The van der Waals surface area contributed by atoms with E-state index >= 15 is 0 Å². The second-order valence-electron chi connectivity index (χ2n) is 4.65. The minimum atomic E-state index is -3.29. The van der Waals surface area contributed by atoms with Crippen LogP contribution in [0.15, 0.2) is 0 Å². The Hall–Kier alpha value is -0.750. The smallest absolute Gasteiger partial charge is 0.377 e. The summed E-state index contributed by atoms with van der Waals surface area (Å²) in [5.74, 6) is -4.69. The van der Waals surface area contributed by atoms with Crippen molar-refractivity contribution in [1.29, 1.82) is 0 Å². The molecule has 1 rings (SSSR count). The summed E-state index contributed by atoms with van der Waals surface area (Å²) in [4.78, 5) is 12.8. The van der Waals surface area contributed by atoms with Crippen LogP contribution in [0.2, 0.25) is 0 Å². The number of halogens is 2. The normalized spacial score (nSPS) is 23.1. The van der Waals surface area contributed by atoms with Crippen molar-refractivity contribution in [2.24, 2.45) is 0 Å². The van der Waals surface area contributed by atoms with Gasteiger partial charge >= 0.3 is 11.9 Å². The predicted molar refractivity (Wildman–Crippen MR) is 60.1 cm³/mol. The SMILES string of the molecule is CN(C)CCCCNCC1CC(F)(F)C(=O)O1. The van der Waals surface area contributed by atoms with E-state index in [1.807, 2.05) is 14.1 Å². The van der Waals surface area contributed by atoms with E-state index < -0.39 is 24.4 Å². The van der Waals surface area contributed by atoms with Crippen LogP contribution in [-0.2, 0) is 9.53 Å². The van der Waals surface area contributed by atoms with Crippen molar-refractivity contribution in [2.75, 3.05) is 33.7 Å². The summed E-state index contributed by atoms with van der Waals surface area (Å²) < 4.78 is 30.2. The standard InChI is InChI=1S/C11H20F2N2O2/c1-15(2)6-4-3-5-14-8-9-7-11(12,13)10(16)17-9/h9,14H,3-8H2,1-2H3. The first kappa shape index (κ1) is 14.3. The molecule has 1 atom stereocenters. The maximum absolute atomic E-state index is 12.8. The van der Waals surface area contributed by atoms with E-state index in [1.54, 1.807) is 0 Å². The average molecular weight is 250 g/mol. The quantitative estimate of drug-likeness (QED) is 0.538. The van der Waals surface area contributed by atoms with Crippen LogP contribution in [0.4, 0.5) is 8.78 Å². The molecule has 100 valence electrons. The largest absolute Gasteiger partial charge is 0.456 e. The van der Waals surface area contributed by atoms with Crippen LogP contribution in [0.25, 0.3) is 0 Å². The third-order valence-electron chi connectivity index (χ3n) is 2.64. The molecule has 1 N–H and O–H groups in total. The van der Waals surface area contributed by atoms with Crippen LogP contribution < -0.4 is 5.32 Å². The second-order valence-corrected chi connectivity index (χ2v) is 4.65. The van der Waals surface area contributed by atoms with Gasteiger partial charge < -0.3 is 15.0 Å². The van der Waals surface area contributed by atoms with Crippen molar-refractivity contribution in [1.82, 2.24) is 10.2 Å². The van der Waals surface area contributed by atoms with Crippen molar-refractivity contribution >= 4 is 5.97 Å². The number of hydrogen-bond donors (Lipinski definition) is 1. The monoisotopic (exact) mass is 250 g/mol. The fourth-order valence-corrected chi connectivity index (χ4v) is 1.70. The maximum Gasteiger partial charge on any atom is 0.377 e. The Morgan fingerprint density at radius 3 is 2.71 bits per heavy atom. The Morgan fingerprint density at radius 1 is 1.47 bits per heavy atom. The predicted octanol–water partition coefficient (Wildman–Crippen LogP) is 0.869. The molecule has 1 saturated heterocycles. The lowest BCUT2D eigenvalue weighted by Crippen LogP contribution is -2.28. The second kappa shape index (κ2) is 6.26. The van der Waals surface area contributed by atoms with Crippen molar-refractivity contribution in [3.8, 4) is 0 Å². The Labute approximate surface area is 100 Å². The molecule has 1 aliphatic heterocycles. The number of esters is 1. The molecule has 0 radical (unpaired) electrons. The molecule has 17 heavy (non-hydrogen) atoms. The Bertz CT molecular complexity index is 260. The van der Waals surface area contributed by atoms with Gasteiger partial charge in [-0.15, -0.1) is 0 Å². The fourth-order valence-electron chi connectivity index (χ4n) is 1.70. The third-order valence-corrected chi connectivity index (χ3v) is 2.64. The summed E-state index contributed by atoms with van der Waals surface area (Å²) in [5.41, 5.74) is 0. The Morgan fingerprint density at radius 2 is 2.18 bits per heavy atom. The molecule has 0 spiro atoms. The van der Waals surface area contributed by atoms with E-state index in [0.29, 0.717) is 6.54 Å². The number of hydrogen-bond acceptors (Lipinski definition) is 4. The third kappa shape index (κ3) is 4.95. The number of ether oxygens (including phenoxy) is 1. The number of carbonyl (C=O) groups is 1. The van der Waals surface area contributed by atoms with E-state index in [1.165, 1.54) is 0 Å². The first-order valence-corrected chi connectivity index (χ1v) is 5.86. The van der Waals surface area contributed by atoms with Gasteiger partial charge in [0.15, 0.2) is 0 Å². The van der Waals surface area contributed by atoms with Crippen LogP contribution >= 0.6 is 0 Å². The maximum atomic E-state index is 12.8. The van der Waals surface area contributed by atoms with Crippen molar-refractivity contribution in [3.05, 3.63) is 0 Å². The highest BCUT2D eigenvalue weighted by Gasteiger charge is 2.50. The number of carbonyl (C=O) groups excluding carboxylic acids is 1. The summed E-state index contributed by atoms with van der Waals surface area (Å²) in [6, 6.07) is 0. The van der Waals surface area contributed by atoms with Crippen LogP contribution in [0.5, 0.6) is 0 Å². The molecule has 1 heterocycles.